The molecule has 7 nitrogen and oxygen atoms in total. The fourth-order valence-corrected chi connectivity index (χ4v) is 4.32. The monoisotopic (exact) mass is 380 g/mol. The average molecular weight is 380 g/mol. The maximum absolute atomic E-state index is 12.7. The largest absolute Gasteiger partial charge is 0.463 e. The first kappa shape index (κ1) is 16.1. The third kappa shape index (κ3) is 2.78. The number of benzene rings is 1. The summed E-state index contributed by atoms with van der Waals surface area (Å²) in [5.41, 5.74) is 1.28. The Hall–Kier alpha value is -3.13. The molecule has 0 unspecified atom stereocenters. The van der Waals surface area contributed by atoms with Crippen molar-refractivity contribution in [2.24, 2.45) is 0 Å². The average Bonchev–Trinajstić information content (AvgIpc) is 3.30. The second-order valence-corrected chi connectivity index (χ2v) is 7.53. The molecule has 0 saturated carbocycles. The van der Waals surface area contributed by atoms with Crippen molar-refractivity contribution in [1.29, 1.82) is 0 Å². The molecule has 136 valence electrons. The SMILES string of the molecule is O=C(c1cc2occc2s1)N1CCN(c2nc3ccccc3c(=O)[nH]2)CC1. The van der Waals surface area contributed by atoms with Gasteiger partial charge in [-0.1, -0.05) is 12.1 Å². The Morgan fingerprint density at radius 3 is 2.78 bits per heavy atom. The van der Waals surface area contributed by atoms with Crippen LogP contribution >= 0.6 is 11.3 Å². The van der Waals surface area contributed by atoms with Crippen molar-refractivity contribution in [2.45, 2.75) is 0 Å². The smallest absolute Gasteiger partial charge is 0.264 e. The predicted molar refractivity (Wildman–Crippen MR) is 105 cm³/mol. The van der Waals surface area contributed by atoms with Crippen LogP contribution in [0.3, 0.4) is 0 Å². The Labute approximate surface area is 157 Å². The first-order chi connectivity index (χ1) is 13.2. The summed E-state index contributed by atoms with van der Waals surface area (Å²) in [5.74, 6) is 0.574. The van der Waals surface area contributed by atoms with Gasteiger partial charge in [0.2, 0.25) is 5.95 Å². The molecule has 1 aromatic carbocycles. The minimum absolute atomic E-state index is 0.0195. The summed E-state index contributed by atoms with van der Waals surface area (Å²) in [7, 11) is 0. The van der Waals surface area contributed by atoms with Gasteiger partial charge in [-0.3, -0.25) is 14.6 Å². The van der Waals surface area contributed by atoms with Crippen molar-refractivity contribution in [1.82, 2.24) is 14.9 Å². The maximum atomic E-state index is 12.7. The van der Waals surface area contributed by atoms with Crippen LogP contribution in [0, 0.1) is 0 Å². The highest BCUT2D eigenvalue weighted by Gasteiger charge is 2.25. The molecular formula is C19H16N4O3S. The number of piperazine rings is 1. The van der Waals surface area contributed by atoms with Crippen LogP contribution in [0.4, 0.5) is 5.95 Å². The molecule has 1 N–H and O–H groups in total. The number of H-pyrrole nitrogens is 1. The summed E-state index contributed by atoms with van der Waals surface area (Å²) in [6.07, 6.45) is 1.63. The molecule has 3 aromatic heterocycles. The van der Waals surface area contributed by atoms with Gasteiger partial charge in [-0.2, -0.15) is 0 Å². The van der Waals surface area contributed by atoms with E-state index in [2.05, 4.69) is 9.97 Å². The van der Waals surface area contributed by atoms with Gasteiger partial charge in [0.05, 0.1) is 26.7 Å². The van der Waals surface area contributed by atoms with Gasteiger partial charge in [0.15, 0.2) is 0 Å². The van der Waals surface area contributed by atoms with E-state index in [1.807, 2.05) is 34.1 Å². The first-order valence-electron chi connectivity index (χ1n) is 8.69. The number of fused-ring (bicyclic) bond motifs is 2. The summed E-state index contributed by atoms with van der Waals surface area (Å²) in [6.45, 7) is 2.40. The number of furan rings is 1. The molecule has 1 saturated heterocycles. The molecule has 8 heteroatoms. The van der Waals surface area contributed by atoms with E-state index >= 15 is 0 Å². The molecule has 5 rings (SSSR count). The number of amides is 1. The number of hydrogen-bond donors (Lipinski definition) is 1. The normalized spacial score (nSPS) is 15.0. The molecule has 1 aliphatic heterocycles. The van der Waals surface area contributed by atoms with Crippen LogP contribution in [0.25, 0.3) is 21.2 Å². The second-order valence-electron chi connectivity index (χ2n) is 6.45. The van der Waals surface area contributed by atoms with Crippen molar-refractivity contribution in [3.8, 4) is 0 Å². The van der Waals surface area contributed by atoms with Crippen LogP contribution in [-0.4, -0.2) is 47.0 Å². The van der Waals surface area contributed by atoms with Gasteiger partial charge in [0, 0.05) is 32.2 Å². The van der Waals surface area contributed by atoms with Crippen molar-refractivity contribution in [2.75, 3.05) is 31.1 Å². The summed E-state index contributed by atoms with van der Waals surface area (Å²) >= 11 is 1.45. The highest BCUT2D eigenvalue weighted by Crippen LogP contribution is 2.27. The third-order valence-corrected chi connectivity index (χ3v) is 5.89. The fraction of sp³-hybridized carbons (Fsp3) is 0.211. The van der Waals surface area contributed by atoms with E-state index in [4.69, 9.17) is 4.42 Å². The Balaban J connectivity index is 1.33. The van der Waals surface area contributed by atoms with E-state index in [0.29, 0.717) is 47.9 Å². The number of carbonyl (C=O) groups excluding carboxylic acids is 1. The quantitative estimate of drug-likeness (QED) is 0.578. The van der Waals surface area contributed by atoms with Gasteiger partial charge in [-0.15, -0.1) is 11.3 Å². The fourth-order valence-electron chi connectivity index (χ4n) is 3.37. The van der Waals surface area contributed by atoms with Gasteiger partial charge in [0.25, 0.3) is 11.5 Å². The molecule has 27 heavy (non-hydrogen) atoms. The summed E-state index contributed by atoms with van der Waals surface area (Å²) in [6, 6.07) is 11.0. The lowest BCUT2D eigenvalue weighted by Gasteiger charge is -2.34. The Morgan fingerprint density at radius 2 is 1.96 bits per heavy atom. The lowest BCUT2D eigenvalue weighted by Crippen LogP contribution is -2.49. The number of thiophene rings is 1. The number of hydrogen-bond acceptors (Lipinski definition) is 6. The predicted octanol–water partition coefficient (Wildman–Crippen LogP) is 2.69. The van der Waals surface area contributed by atoms with E-state index in [0.717, 1.165) is 10.3 Å². The number of nitrogens with one attached hydrogen (secondary N) is 1. The molecule has 0 atom stereocenters. The lowest BCUT2D eigenvalue weighted by molar-refractivity contribution is 0.0751. The molecule has 1 aliphatic rings. The van der Waals surface area contributed by atoms with Crippen LogP contribution in [0.1, 0.15) is 9.67 Å². The van der Waals surface area contributed by atoms with E-state index in [-0.39, 0.29) is 11.5 Å². The van der Waals surface area contributed by atoms with Gasteiger partial charge >= 0.3 is 0 Å². The molecule has 1 amide bonds. The zero-order valence-corrected chi connectivity index (χ0v) is 15.2. The minimum Gasteiger partial charge on any atom is -0.463 e. The van der Waals surface area contributed by atoms with E-state index in [1.165, 1.54) is 11.3 Å². The molecule has 4 aromatic rings. The second kappa shape index (κ2) is 6.24. The Morgan fingerprint density at radius 1 is 1.15 bits per heavy atom. The number of anilines is 1. The van der Waals surface area contributed by atoms with Crippen molar-refractivity contribution in [3.05, 3.63) is 57.9 Å². The van der Waals surface area contributed by atoms with Gasteiger partial charge in [-0.05, 0) is 18.2 Å². The van der Waals surface area contributed by atoms with Crippen LogP contribution in [0.2, 0.25) is 0 Å². The van der Waals surface area contributed by atoms with E-state index < -0.39 is 0 Å². The topological polar surface area (TPSA) is 82.4 Å². The van der Waals surface area contributed by atoms with Gasteiger partial charge < -0.3 is 14.2 Å². The maximum Gasteiger partial charge on any atom is 0.264 e. The van der Waals surface area contributed by atoms with Crippen molar-refractivity contribution in [3.63, 3.8) is 0 Å². The molecule has 4 heterocycles. The summed E-state index contributed by atoms with van der Waals surface area (Å²) < 4.78 is 6.33. The van der Waals surface area contributed by atoms with E-state index in [1.54, 1.807) is 18.4 Å². The zero-order chi connectivity index (χ0) is 18.4. The number of aromatic nitrogens is 2. The lowest BCUT2D eigenvalue weighted by atomic mass is 10.2. The number of aromatic amines is 1. The van der Waals surface area contributed by atoms with Gasteiger partial charge in [-0.25, -0.2) is 4.98 Å². The molecule has 0 aliphatic carbocycles. The summed E-state index contributed by atoms with van der Waals surface area (Å²) in [4.78, 5) is 37.0. The zero-order valence-electron chi connectivity index (χ0n) is 14.3. The van der Waals surface area contributed by atoms with Crippen molar-refractivity contribution >= 4 is 44.4 Å². The van der Waals surface area contributed by atoms with Crippen LogP contribution < -0.4 is 10.5 Å². The van der Waals surface area contributed by atoms with Crippen LogP contribution in [0.5, 0.6) is 0 Å². The van der Waals surface area contributed by atoms with Crippen molar-refractivity contribution < 1.29 is 9.21 Å². The Bertz CT molecular complexity index is 1170. The number of rotatable bonds is 2. The highest BCUT2D eigenvalue weighted by atomic mass is 32.1. The van der Waals surface area contributed by atoms with Gasteiger partial charge in [0.1, 0.15) is 5.58 Å². The molecule has 1 fully saturated rings. The van der Waals surface area contributed by atoms with Crippen LogP contribution in [0.15, 0.2) is 51.9 Å². The molecule has 0 radical (unpaired) electrons. The molecule has 0 spiro atoms. The summed E-state index contributed by atoms with van der Waals surface area (Å²) in [5, 5.41) is 0.581. The molecule has 0 bridgehead atoms. The minimum atomic E-state index is -0.143. The third-order valence-electron chi connectivity index (χ3n) is 4.82. The van der Waals surface area contributed by atoms with E-state index in [9.17, 15) is 9.59 Å². The first-order valence-corrected chi connectivity index (χ1v) is 9.51. The number of nitrogens with zero attached hydrogens (tertiary/aromatic N) is 3. The Kier molecular flexibility index (Phi) is 3.71. The standard InChI is InChI=1S/C19H16N4O3S/c24-17-12-3-1-2-4-13(12)20-19(21-17)23-8-6-22(7-9-23)18(25)16-11-14-15(27-16)5-10-26-14/h1-5,10-11H,6-9H2,(H,20,21,24). The number of carbonyl (C=O) groups is 1. The highest BCUT2D eigenvalue weighted by molar-refractivity contribution is 7.20. The molecular weight excluding hydrogens is 364 g/mol. The van der Waals surface area contributed by atoms with Crippen LogP contribution in [-0.2, 0) is 0 Å². The number of para-hydroxylation sites is 1.